The van der Waals surface area contributed by atoms with Crippen molar-refractivity contribution >= 4 is 20.9 Å². The fraction of sp³-hybridized carbons (Fsp3) is 0.500. The van der Waals surface area contributed by atoms with Crippen LogP contribution in [0.15, 0.2) is 12.7 Å². The van der Waals surface area contributed by atoms with Gasteiger partial charge in [0.2, 0.25) is 0 Å². The normalized spacial score (nSPS) is 7.40. The van der Waals surface area contributed by atoms with Gasteiger partial charge in [-0.3, -0.25) is 0 Å². The second-order valence-electron chi connectivity index (χ2n) is 0.744. The number of allylic oxidation sites excluding steroid dienone is 1. The average molecular weight is 184 g/mol. The monoisotopic (exact) mass is 186 g/mol. The Kier molecular flexibility index (Phi) is 5.01. The van der Waals surface area contributed by atoms with E-state index >= 15 is 0 Å². The first-order chi connectivity index (χ1) is 2.41. The van der Waals surface area contributed by atoms with Gasteiger partial charge in [0.1, 0.15) is 0 Å². The molecule has 0 amide bonds. The van der Waals surface area contributed by atoms with E-state index in [1.165, 1.54) is 4.47 Å². The molecule has 0 spiro atoms. The molecule has 0 aromatic carbocycles. The minimum atomic E-state index is 0.355. The Hall–Kier alpha value is 0.530. The summed E-state index contributed by atoms with van der Waals surface area (Å²) in [6.07, 6.45) is 1.99. The van der Waals surface area contributed by atoms with Crippen molar-refractivity contribution in [1.82, 2.24) is 0 Å². The molecule has 0 aliphatic heterocycles. The molecule has 0 fully saturated rings. The summed E-state index contributed by atoms with van der Waals surface area (Å²) in [5.74, 6) is 0. The molecule has 0 N–H and O–H groups in total. The van der Waals surface area contributed by atoms with Crippen LogP contribution in [0, 0.1) is 0 Å². The van der Waals surface area contributed by atoms with Crippen molar-refractivity contribution in [3.05, 3.63) is 12.7 Å². The Morgan fingerprint density at radius 3 is 2.60 bits per heavy atom. The molecule has 0 aliphatic rings. The van der Waals surface area contributed by atoms with Gasteiger partial charge in [0, 0.05) is 0 Å². The zero-order chi connectivity index (χ0) is 4.12. The molecule has 0 saturated carbocycles. The third kappa shape index (κ3) is 4.53. The van der Waals surface area contributed by atoms with Gasteiger partial charge >= 0.3 is 43.0 Å². The molecule has 1 radical (unpaired) electrons. The molecule has 0 aliphatic carbocycles. The summed E-state index contributed by atoms with van der Waals surface area (Å²) in [4.78, 5) is 2.27. The van der Waals surface area contributed by atoms with Gasteiger partial charge < -0.3 is 0 Å². The van der Waals surface area contributed by atoms with Crippen LogP contribution in [0.3, 0.4) is 0 Å². The van der Waals surface area contributed by atoms with Crippen molar-refractivity contribution in [2.75, 3.05) is 0 Å². The quantitative estimate of drug-likeness (QED) is 0.448. The summed E-state index contributed by atoms with van der Waals surface area (Å²) >= 11 is 0.355. The maximum atomic E-state index is 3.58. The van der Waals surface area contributed by atoms with E-state index in [1.807, 2.05) is 6.08 Å². The second-order valence-corrected chi connectivity index (χ2v) is 3.34. The number of hydrogen-bond donors (Lipinski definition) is 0. The molecule has 0 saturated heterocycles. The maximum absolute atomic E-state index is 3.58. The third-order valence-corrected chi connectivity index (χ3v) is 1.91. The predicted octanol–water partition coefficient (Wildman–Crippen LogP) is 1.34. The van der Waals surface area contributed by atoms with Crippen LogP contribution >= 0.6 is 0 Å². The second kappa shape index (κ2) is 4.53. The van der Waals surface area contributed by atoms with Crippen molar-refractivity contribution in [2.24, 2.45) is 0 Å². The standard InChI is InChI=1S/C4H8Te/c1-3-4-5-2/h3H,1,4H2,2H3/q+1. The number of hydrogen-bond acceptors (Lipinski definition) is 0. The first-order valence-corrected chi connectivity index (χ1v) is 5.49. The van der Waals surface area contributed by atoms with Gasteiger partial charge in [-0.25, -0.2) is 0 Å². The van der Waals surface area contributed by atoms with Gasteiger partial charge in [-0.05, 0) is 0 Å². The zero-order valence-corrected chi connectivity index (χ0v) is 5.73. The Morgan fingerprint density at radius 2 is 2.60 bits per heavy atom. The molecule has 0 heterocycles. The van der Waals surface area contributed by atoms with Gasteiger partial charge in [0.15, 0.2) is 0 Å². The fourth-order valence-corrected chi connectivity index (χ4v) is 0.791. The van der Waals surface area contributed by atoms with E-state index in [2.05, 4.69) is 11.6 Å². The van der Waals surface area contributed by atoms with Crippen LogP contribution in [0.2, 0.25) is 9.44 Å². The molecule has 0 aromatic heterocycles. The summed E-state index contributed by atoms with van der Waals surface area (Å²) in [7, 11) is 0. The van der Waals surface area contributed by atoms with Gasteiger partial charge in [-0.1, -0.05) is 0 Å². The molecular formula is C4H8Te+. The van der Waals surface area contributed by atoms with Crippen LogP contribution < -0.4 is 0 Å². The van der Waals surface area contributed by atoms with Crippen molar-refractivity contribution in [3.8, 4) is 0 Å². The summed E-state index contributed by atoms with van der Waals surface area (Å²) in [6.45, 7) is 3.58. The molecule has 1 heteroatoms. The first-order valence-electron chi connectivity index (χ1n) is 1.51. The van der Waals surface area contributed by atoms with E-state index in [-0.39, 0.29) is 0 Å². The van der Waals surface area contributed by atoms with Crippen molar-refractivity contribution in [2.45, 2.75) is 9.44 Å². The van der Waals surface area contributed by atoms with Crippen molar-refractivity contribution in [1.29, 1.82) is 0 Å². The van der Waals surface area contributed by atoms with Crippen LogP contribution in [0.1, 0.15) is 0 Å². The van der Waals surface area contributed by atoms with Crippen molar-refractivity contribution in [3.63, 3.8) is 0 Å². The molecule has 0 bridgehead atoms. The third-order valence-electron chi connectivity index (χ3n) is 0.285. The van der Waals surface area contributed by atoms with Crippen molar-refractivity contribution < 1.29 is 0 Å². The van der Waals surface area contributed by atoms with Crippen LogP contribution in [-0.4, -0.2) is 20.9 Å². The molecule has 5 heavy (non-hydrogen) atoms. The SMILES string of the molecule is C=CC[Te+]C. The minimum absolute atomic E-state index is 0.355. The van der Waals surface area contributed by atoms with Crippen LogP contribution in [-0.2, 0) is 0 Å². The van der Waals surface area contributed by atoms with E-state index in [4.69, 9.17) is 0 Å². The average Bonchev–Trinajstić information content (AvgIpc) is 1.41. The summed E-state index contributed by atoms with van der Waals surface area (Å²) in [5, 5.41) is 0. The molecule has 0 nitrogen and oxygen atoms in total. The molecule has 0 unspecified atom stereocenters. The molecule has 0 atom stereocenters. The van der Waals surface area contributed by atoms with E-state index < -0.39 is 0 Å². The summed E-state index contributed by atoms with van der Waals surface area (Å²) in [6, 6.07) is 0. The summed E-state index contributed by atoms with van der Waals surface area (Å²) < 4.78 is 1.28. The zero-order valence-electron chi connectivity index (χ0n) is 3.40. The van der Waals surface area contributed by atoms with Gasteiger partial charge in [0.25, 0.3) is 0 Å². The van der Waals surface area contributed by atoms with E-state index in [0.717, 1.165) is 0 Å². The Bertz CT molecular complexity index is 24.8. The fourth-order valence-electron chi connectivity index (χ4n) is 0.118. The van der Waals surface area contributed by atoms with E-state index in [9.17, 15) is 0 Å². The van der Waals surface area contributed by atoms with Gasteiger partial charge in [-0.2, -0.15) is 0 Å². The topological polar surface area (TPSA) is 0 Å². The predicted molar refractivity (Wildman–Crippen MR) is 26.6 cm³/mol. The molecule has 0 rings (SSSR count). The Labute approximate surface area is 43.3 Å². The summed E-state index contributed by atoms with van der Waals surface area (Å²) in [5.41, 5.74) is 0. The first kappa shape index (κ1) is 5.53. The van der Waals surface area contributed by atoms with Crippen LogP contribution in [0.25, 0.3) is 0 Å². The van der Waals surface area contributed by atoms with E-state index in [1.54, 1.807) is 0 Å². The molecular weight excluding hydrogens is 176 g/mol. The van der Waals surface area contributed by atoms with Gasteiger partial charge in [0.05, 0.1) is 0 Å². The number of rotatable bonds is 2. The molecule has 29 valence electrons. The van der Waals surface area contributed by atoms with Gasteiger partial charge in [-0.15, -0.1) is 0 Å². The van der Waals surface area contributed by atoms with Crippen LogP contribution in [0.5, 0.6) is 0 Å². The van der Waals surface area contributed by atoms with E-state index in [0.29, 0.717) is 20.9 Å². The Balaban J connectivity index is 2.40. The van der Waals surface area contributed by atoms with Crippen LogP contribution in [0.4, 0.5) is 0 Å². The molecule has 0 aromatic rings. The Morgan fingerprint density at radius 1 is 2.00 bits per heavy atom.